The second-order valence-corrected chi connectivity index (χ2v) is 15.0. The lowest BCUT2D eigenvalue weighted by Gasteiger charge is -2.41. The summed E-state index contributed by atoms with van der Waals surface area (Å²) in [7, 11) is 6.59. The molecule has 2 aliphatic rings. The summed E-state index contributed by atoms with van der Waals surface area (Å²) in [5, 5.41) is 0. The van der Waals surface area contributed by atoms with Crippen molar-refractivity contribution in [3.05, 3.63) is 12.2 Å². The number of hydrogen-bond acceptors (Lipinski definition) is 9. The number of nitrogens with zero attached hydrogens (tertiary/aromatic N) is 4. The van der Waals surface area contributed by atoms with Crippen molar-refractivity contribution < 1.29 is 38.2 Å². The molecule has 0 aromatic heterocycles. The summed E-state index contributed by atoms with van der Waals surface area (Å²) in [6.07, 6.45) is 4.16. The molecular formula is C38H64N4O8. The van der Waals surface area contributed by atoms with Crippen molar-refractivity contribution in [1.82, 2.24) is 19.6 Å². The number of imide groups is 1. The van der Waals surface area contributed by atoms with Gasteiger partial charge in [-0.2, -0.15) is 0 Å². The maximum Gasteiger partial charge on any atom is 0.254 e. The van der Waals surface area contributed by atoms with E-state index in [9.17, 15) is 28.8 Å². The van der Waals surface area contributed by atoms with Crippen LogP contribution in [0.25, 0.3) is 0 Å². The Morgan fingerprint density at radius 1 is 0.880 bits per heavy atom. The third kappa shape index (κ3) is 10.3. The lowest BCUT2D eigenvalue weighted by molar-refractivity contribution is -0.149. The maximum atomic E-state index is 14.4. The number of carbonyl (C=O) groups excluding carboxylic acids is 6. The molecule has 8 atom stereocenters. The van der Waals surface area contributed by atoms with Crippen molar-refractivity contribution in [3.8, 4) is 0 Å². The van der Waals surface area contributed by atoms with Gasteiger partial charge in [-0.25, -0.2) is 0 Å². The Kier molecular flexibility index (Phi) is 16.9. The van der Waals surface area contributed by atoms with Crippen LogP contribution in [0.15, 0.2) is 12.2 Å². The lowest BCUT2D eigenvalue weighted by Crippen LogP contribution is -2.54. The fraction of sp³-hybridized carbons (Fsp3) is 0.789. The largest absolute Gasteiger partial charge is 0.379 e. The summed E-state index contributed by atoms with van der Waals surface area (Å²) >= 11 is 0. The van der Waals surface area contributed by atoms with E-state index in [1.807, 2.05) is 60.3 Å². The number of Topliss-reactive ketones (excluding diaryl/α,β-unsaturated/α-hetero) is 2. The van der Waals surface area contributed by atoms with Crippen LogP contribution >= 0.6 is 0 Å². The number of hydrogen-bond donors (Lipinski definition) is 0. The molecule has 0 spiro atoms. The summed E-state index contributed by atoms with van der Waals surface area (Å²) in [5.41, 5.74) is 0. The molecule has 2 rings (SSSR count). The molecule has 12 nitrogen and oxygen atoms in total. The first kappa shape index (κ1) is 43.2. The van der Waals surface area contributed by atoms with Gasteiger partial charge in [-0.3, -0.25) is 38.6 Å². The van der Waals surface area contributed by atoms with E-state index >= 15 is 0 Å². The molecule has 0 unspecified atom stereocenters. The number of rotatable bonds is 21. The number of ketones is 2. The Hall–Kier alpha value is -2.96. The second kappa shape index (κ2) is 19.6. The van der Waals surface area contributed by atoms with Crippen molar-refractivity contribution in [1.29, 1.82) is 0 Å². The SMILES string of the molecule is CCC(=O)[C@H](C)[C@@H](OC)[C@@H]1CCCN1C(=O)C[C@@H](OC)[C@H]([C@@H](C)CC)N(C)C(=O)[C@@H](CC(=O)[C@H](C(C)C)N(C)CN1C(=O)C=CC1=O)C(C)C. The fourth-order valence-electron chi connectivity index (χ4n) is 7.88. The van der Waals surface area contributed by atoms with Gasteiger partial charge in [-0.15, -0.1) is 0 Å². The molecule has 1 fully saturated rings. The minimum atomic E-state index is -0.637. The average Bonchev–Trinajstić information content (AvgIpc) is 3.68. The summed E-state index contributed by atoms with van der Waals surface area (Å²) in [6, 6.07) is -1.29. The third-order valence-electron chi connectivity index (χ3n) is 10.9. The van der Waals surface area contributed by atoms with E-state index in [1.54, 1.807) is 38.1 Å². The molecule has 284 valence electrons. The van der Waals surface area contributed by atoms with Gasteiger partial charge in [0.1, 0.15) is 5.78 Å². The zero-order valence-electron chi connectivity index (χ0n) is 32.6. The Balaban J connectivity index is 2.29. The molecule has 2 aliphatic heterocycles. The zero-order chi connectivity index (χ0) is 38.0. The summed E-state index contributed by atoms with van der Waals surface area (Å²) in [5.74, 6) is -2.48. The number of likely N-dealkylation sites (tertiary alicyclic amines) is 1. The Morgan fingerprint density at radius 3 is 1.96 bits per heavy atom. The number of methoxy groups -OCH3 is 2. The molecule has 0 N–H and O–H groups in total. The van der Waals surface area contributed by atoms with E-state index in [1.165, 1.54) is 12.2 Å². The van der Waals surface area contributed by atoms with Gasteiger partial charge in [0.2, 0.25) is 11.8 Å². The van der Waals surface area contributed by atoms with E-state index in [2.05, 4.69) is 0 Å². The van der Waals surface area contributed by atoms with Gasteiger partial charge >= 0.3 is 0 Å². The summed E-state index contributed by atoms with van der Waals surface area (Å²) in [6.45, 7) is 16.0. The first-order chi connectivity index (χ1) is 23.5. The van der Waals surface area contributed by atoms with Crippen LogP contribution in [-0.4, -0.2) is 127 Å². The van der Waals surface area contributed by atoms with Crippen molar-refractivity contribution >= 4 is 35.2 Å². The average molecular weight is 705 g/mol. The molecule has 0 aromatic carbocycles. The molecule has 0 saturated carbocycles. The van der Waals surface area contributed by atoms with Gasteiger partial charge < -0.3 is 19.3 Å². The van der Waals surface area contributed by atoms with Crippen molar-refractivity contribution in [3.63, 3.8) is 0 Å². The van der Waals surface area contributed by atoms with Gasteiger partial charge in [-0.05, 0) is 37.6 Å². The quantitative estimate of drug-likeness (QED) is 0.163. The van der Waals surface area contributed by atoms with Crippen LogP contribution in [0.5, 0.6) is 0 Å². The van der Waals surface area contributed by atoms with E-state index in [-0.39, 0.29) is 72.6 Å². The third-order valence-corrected chi connectivity index (χ3v) is 10.9. The molecule has 2 heterocycles. The monoisotopic (exact) mass is 704 g/mol. The van der Waals surface area contributed by atoms with E-state index in [4.69, 9.17) is 9.47 Å². The highest BCUT2D eigenvalue weighted by Crippen LogP contribution is 2.31. The van der Waals surface area contributed by atoms with Crippen LogP contribution < -0.4 is 0 Å². The van der Waals surface area contributed by atoms with Crippen LogP contribution in [0, 0.1) is 29.6 Å². The van der Waals surface area contributed by atoms with E-state index < -0.39 is 42.0 Å². The van der Waals surface area contributed by atoms with Gasteiger partial charge in [0.05, 0.1) is 43.4 Å². The molecule has 12 heteroatoms. The Bertz CT molecular complexity index is 1220. The minimum Gasteiger partial charge on any atom is -0.379 e. The number of amides is 4. The normalized spacial score (nSPS) is 20.7. The first-order valence-corrected chi connectivity index (χ1v) is 18.4. The standard InChI is InChI=1S/C38H64N4O8/c1-13-25(7)36(31(49-11)21-34(47)41-19-15-16-28(41)37(50-12)26(8)29(43)14-2)40(10)38(48)27(23(3)4)20-30(44)35(24(5)6)39(9)22-42-32(45)17-18-33(42)46/h17-18,23-28,31,35-37H,13-16,19-22H2,1-12H3/t25-,26-,27-,28-,31+,35-,36-,37+/m0/s1. The fourth-order valence-corrected chi connectivity index (χ4v) is 7.88. The Morgan fingerprint density at radius 2 is 1.48 bits per heavy atom. The highest BCUT2D eigenvalue weighted by atomic mass is 16.5. The molecule has 0 bridgehead atoms. The topological polar surface area (TPSA) is 134 Å². The lowest BCUT2D eigenvalue weighted by atomic mass is 9.83. The van der Waals surface area contributed by atoms with Crippen LogP contribution in [-0.2, 0) is 38.2 Å². The highest BCUT2D eigenvalue weighted by Gasteiger charge is 2.43. The molecule has 50 heavy (non-hydrogen) atoms. The van der Waals surface area contributed by atoms with E-state index in [0.717, 1.165) is 24.2 Å². The number of ether oxygens (including phenoxy) is 2. The minimum absolute atomic E-state index is 0.0134. The first-order valence-electron chi connectivity index (χ1n) is 18.4. The number of carbonyl (C=O) groups is 6. The van der Waals surface area contributed by atoms with Crippen molar-refractivity contribution in [2.75, 3.05) is 41.5 Å². The Labute approximate surface area is 300 Å². The molecule has 0 aromatic rings. The van der Waals surface area contributed by atoms with Crippen LogP contribution in [0.2, 0.25) is 0 Å². The van der Waals surface area contributed by atoms with Gasteiger partial charge in [-0.1, -0.05) is 61.8 Å². The predicted molar refractivity (Wildman–Crippen MR) is 192 cm³/mol. The number of likely N-dealkylation sites (N-methyl/N-ethyl adjacent to an activating group) is 2. The van der Waals surface area contributed by atoms with Crippen LogP contribution in [0.1, 0.15) is 93.9 Å². The molecule has 4 amide bonds. The van der Waals surface area contributed by atoms with Gasteiger partial charge in [0, 0.05) is 64.6 Å². The second-order valence-electron chi connectivity index (χ2n) is 15.0. The summed E-state index contributed by atoms with van der Waals surface area (Å²) in [4.78, 5) is 85.6. The molecule has 0 aliphatic carbocycles. The smallest absolute Gasteiger partial charge is 0.254 e. The molecule has 0 radical (unpaired) electrons. The van der Waals surface area contributed by atoms with Crippen molar-refractivity contribution in [2.24, 2.45) is 29.6 Å². The molecule has 1 saturated heterocycles. The van der Waals surface area contributed by atoms with Crippen LogP contribution in [0.3, 0.4) is 0 Å². The highest BCUT2D eigenvalue weighted by molar-refractivity contribution is 6.12. The van der Waals surface area contributed by atoms with Crippen molar-refractivity contribution in [2.45, 2.75) is 124 Å². The summed E-state index contributed by atoms with van der Waals surface area (Å²) < 4.78 is 11.8. The maximum absolute atomic E-state index is 14.4. The van der Waals surface area contributed by atoms with Gasteiger partial charge in [0.25, 0.3) is 11.8 Å². The van der Waals surface area contributed by atoms with Gasteiger partial charge in [0.15, 0.2) is 5.78 Å². The van der Waals surface area contributed by atoms with Crippen LogP contribution in [0.4, 0.5) is 0 Å². The predicted octanol–water partition coefficient (Wildman–Crippen LogP) is 3.96. The molecular weight excluding hydrogens is 640 g/mol. The zero-order valence-corrected chi connectivity index (χ0v) is 32.6. The van der Waals surface area contributed by atoms with E-state index in [0.29, 0.717) is 13.0 Å².